The van der Waals surface area contributed by atoms with Crippen LogP contribution in [0.1, 0.15) is 25.1 Å². The van der Waals surface area contributed by atoms with Crippen LogP contribution in [0.25, 0.3) is 16.1 Å². The number of anilines is 1. The molecule has 4 heterocycles. The van der Waals surface area contributed by atoms with Crippen LogP contribution in [0.4, 0.5) is 19.1 Å². The summed E-state index contributed by atoms with van der Waals surface area (Å²) >= 11 is 0. The Balaban J connectivity index is 1.27. The largest absolute Gasteiger partial charge is 0.491 e. The number of hydrogen-bond acceptors (Lipinski definition) is 13. The molecule has 0 aliphatic carbocycles. The van der Waals surface area contributed by atoms with E-state index in [2.05, 4.69) is 42.9 Å². The zero-order valence-corrected chi connectivity index (χ0v) is 25.7. The number of halogens is 3. The van der Waals surface area contributed by atoms with Crippen molar-refractivity contribution in [3.8, 4) is 5.75 Å². The van der Waals surface area contributed by atoms with Crippen molar-refractivity contribution in [3.63, 3.8) is 0 Å². The zero-order chi connectivity index (χ0) is 33.4. The van der Waals surface area contributed by atoms with Gasteiger partial charge >= 0.3 is 6.18 Å². The minimum Gasteiger partial charge on any atom is -0.491 e. The number of azide groups is 1. The van der Waals surface area contributed by atoms with E-state index in [0.717, 1.165) is 23.5 Å². The number of fused-ring (bicyclic) bond motifs is 1. The van der Waals surface area contributed by atoms with E-state index in [-0.39, 0.29) is 25.6 Å². The summed E-state index contributed by atoms with van der Waals surface area (Å²) in [6, 6.07) is 7.46. The molecule has 0 saturated carbocycles. The third-order valence-electron chi connectivity index (χ3n) is 7.14. The number of benzene rings is 1. The molecule has 3 aliphatic heterocycles. The number of ether oxygens (including phenoxy) is 6. The van der Waals surface area contributed by atoms with Crippen molar-refractivity contribution in [2.75, 3.05) is 44.8 Å². The van der Waals surface area contributed by atoms with E-state index in [9.17, 15) is 13.2 Å². The summed E-state index contributed by atoms with van der Waals surface area (Å²) in [7, 11) is 0. The van der Waals surface area contributed by atoms with Gasteiger partial charge in [-0.1, -0.05) is 23.3 Å². The van der Waals surface area contributed by atoms with Gasteiger partial charge in [0.25, 0.3) is 0 Å². The quantitative estimate of drug-likeness (QED) is 0.0831. The molecule has 1 aromatic carbocycles. The van der Waals surface area contributed by atoms with Crippen molar-refractivity contribution in [2.24, 2.45) is 5.11 Å². The highest BCUT2D eigenvalue weighted by molar-refractivity contribution is 5.65. The van der Waals surface area contributed by atoms with Crippen LogP contribution in [0.15, 0.2) is 60.5 Å². The number of nitrogens with zero attached hydrogens (tertiary/aromatic N) is 6. The van der Waals surface area contributed by atoms with E-state index in [0.29, 0.717) is 25.6 Å². The third-order valence-corrected chi connectivity index (χ3v) is 7.14. The molecule has 47 heavy (non-hydrogen) atoms. The molecule has 254 valence electrons. The number of alkyl halides is 3. The molecule has 5 atom stereocenters. The van der Waals surface area contributed by atoms with Gasteiger partial charge in [-0.3, -0.25) is 5.01 Å². The summed E-state index contributed by atoms with van der Waals surface area (Å²) in [4.78, 5) is 10.3. The lowest BCUT2D eigenvalue weighted by molar-refractivity contribution is -0.235. The molecule has 3 N–H and O–H groups in total. The first-order valence-corrected chi connectivity index (χ1v) is 14.8. The van der Waals surface area contributed by atoms with Crippen molar-refractivity contribution in [1.82, 2.24) is 25.9 Å². The Morgan fingerprint density at radius 3 is 2.83 bits per heavy atom. The fraction of sp³-hybridized carbons (Fsp3) is 0.517. The summed E-state index contributed by atoms with van der Waals surface area (Å²) in [5.41, 5.74) is 15.1. The highest BCUT2D eigenvalue weighted by atomic mass is 19.4. The second-order valence-corrected chi connectivity index (χ2v) is 11.0. The van der Waals surface area contributed by atoms with Crippen LogP contribution in [-0.4, -0.2) is 90.9 Å². The van der Waals surface area contributed by atoms with E-state index < -0.39 is 48.3 Å². The summed E-state index contributed by atoms with van der Waals surface area (Å²) < 4.78 is 76.0. The topological polar surface area (TPSA) is 169 Å². The second-order valence-electron chi connectivity index (χ2n) is 11.0. The Hall–Kier alpha value is -4.16. The standard InChI is InChI=1S/C29H36F3N9O6/c1-4-11-44-26-23(37-27-34-9-8-22(36-27)29(30,31)32)25-24(46-28(2,3)47-25)21(45-26)17-41-16-20(38-40-41)18-6-5-7-19(15-18)43-14-13-42-12-10-35-39-33/h4-9,15-16,21,23-26,38,40H,1,10-14,17H2,2-3H3,(H,34,36,37)/t21-,23-,24+,25-,26+/m1/s1. The van der Waals surface area contributed by atoms with E-state index in [1.807, 2.05) is 30.5 Å². The molecule has 18 heteroatoms. The molecule has 1 aromatic heterocycles. The molecular formula is C29H36F3N9O6. The van der Waals surface area contributed by atoms with Gasteiger partial charge in [0.15, 0.2) is 12.1 Å². The van der Waals surface area contributed by atoms with Gasteiger partial charge in [0.1, 0.15) is 42.4 Å². The summed E-state index contributed by atoms with van der Waals surface area (Å²) in [5.74, 6) is -0.634. The maximum absolute atomic E-state index is 13.3. The van der Waals surface area contributed by atoms with Gasteiger partial charge < -0.3 is 39.2 Å². The second kappa shape index (κ2) is 15.2. The number of rotatable bonds is 15. The normalized spacial score (nSPS) is 24.9. The van der Waals surface area contributed by atoms with Gasteiger partial charge in [0.2, 0.25) is 5.95 Å². The lowest BCUT2D eigenvalue weighted by Crippen LogP contribution is -2.62. The number of aromatic nitrogens is 2. The molecular weight excluding hydrogens is 627 g/mol. The van der Waals surface area contributed by atoms with Gasteiger partial charge in [-0.15, -0.1) is 12.1 Å². The monoisotopic (exact) mass is 663 g/mol. The molecule has 0 bridgehead atoms. The van der Waals surface area contributed by atoms with Gasteiger partial charge in [-0.05, 0) is 37.6 Å². The van der Waals surface area contributed by atoms with Gasteiger partial charge in [-0.25, -0.2) is 9.97 Å². The van der Waals surface area contributed by atoms with E-state index in [1.165, 1.54) is 6.08 Å². The van der Waals surface area contributed by atoms with Crippen molar-refractivity contribution in [2.45, 2.75) is 56.5 Å². The lowest BCUT2D eigenvalue weighted by atomic mass is 9.96. The first-order chi connectivity index (χ1) is 22.6. The van der Waals surface area contributed by atoms with Crippen molar-refractivity contribution >= 4 is 11.6 Å². The summed E-state index contributed by atoms with van der Waals surface area (Å²) in [6.07, 6.45) is -3.14. The highest BCUT2D eigenvalue weighted by Gasteiger charge is 2.56. The van der Waals surface area contributed by atoms with Gasteiger partial charge in [0.05, 0.1) is 32.1 Å². The predicted molar refractivity (Wildman–Crippen MR) is 161 cm³/mol. The Morgan fingerprint density at radius 1 is 1.21 bits per heavy atom. The maximum atomic E-state index is 13.3. The average molecular weight is 664 g/mol. The molecule has 0 spiro atoms. The third kappa shape index (κ3) is 9.01. The Bertz CT molecular complexity index is 1460. The molecule has 5 rings (SSSR count). The molecule has 0 unspecified atom stereocenters. The smallest absolute Gasteiger partial charge is 0.433 e. The SMILES string of the molecule is C=CCO[C@H]1O[C@H](CN2C=C(c3cccc(OCCOCCN=[N+]=[N-])c3)NN2)[C@@H]2OC(C)(C)O[C@@H]2[C@H]1Nc1nccc(C(F)(F)F)n1. The van der Waals surface area contributed by atoms with E-state index in [4.69, 9.17) is 34.0 Å². The summed E-state index contributed by atoms with van der Waals surface area (Å²) in [5, 5.41) is 8.13. The van der Waals surface area contributed by atoms with Crippen LogP contribution in [0.2, 0.25) is 0 Å². The maximum Gasteiger partial charge on any atom is 0.433 e. The van der Waals surface area contributed by atoms with Crippen molar-refractivity contribution in [3.05, 3.63) is 77.1 Å². The lowest BCUT2D eigenvalue weighted by Gasteiger charge is -2.43. The first kappa shape index (κ1) is 34.2. The van der Waals surface area contributed by atoms with E-state index >= 15 is 0 Å². The van der Waals surface area contributed by atoms with Crippen LogP contribution in [0.3, 0.4) is 0 Å². The van der Waals surface area contributed by atoms with Crippen LogP contribution < -0.4 is 21.0 Å². The Labute approximate surface area is 268 Å². The number of hydrogen-bond donors (Lipinski definition) is 3. The van der Waals surface area contributed by atoms with Crippen LogP contribution in [-0.2, 0) is 29.9 Å². The van der Waals surface area contributed by atoms with Crippen LogP contribution in [0.5, 0.6) is 5.75 Å². The molecule has 2 aromatic rings. The fourth-order valence-electron chi connectivity index (χ4n) is 5.23. The minimum atomic E-state index is -4.65. The van der Waals surface area contributed by atoms with Gasteiger partial charge in [-0.2, -0.15) is 13.2 Å². The minimum absolute atomic E-state index is 0.106. The zero-order valence-electron chi connectivity index (χ0n) is 25.7. The van der Waals surface area contributed by atoms with Crippen molar-refractivity contribution in [1.29, 1.82) is 0 Å². The molecule has 0 radical (unpaired) electrons. The van der Waals surface area contributed by atoms with Crippen molar-refractivity contribution < 1.29 is 41.6 Å². The molecule has 15 nitrogen and oxygen atoms in total. The Kier molecular flexibility index (Phi) is 11.0. The highest BCUT2D eigenvalue weighted by Crippen LogP contribution is 2.39. The van der Waals surface area contributed by atoms with E-state index in [1.54, 1.807) is 18.9 Å². The molecule has 2 fully saturated rings. The van der Waals surface area contributed by atoms with Crippen LogP contribution in [0, 0.1) is 0 Å². The predicted octanol–water partition coefficient (Wildman–Crippen LogP) is 3.75. The average Bonchev–Trinajstić information content (AvgIpc) is 3.64. The number of hydrazine groups is 2. The number of nitrogens with one attached hydrogen (secondary N) is 3. The fourth-order valence-corrected chi connectivity index (χ4v) is 5.23. The molecule has 0 amide bonds. The molecule has 2 saturated heterocycles. The Morgan fingerprint density at radius 2 is 2.04 bits per heavy atom. The van der Waals surface area contributed by atoms with Crippen LogP contribution >= 0.6 is 0 Å². The first-order valence-electron chi connectivity index (χ1n) is 14.8. The van der Waals surface area contributed by atoms with Gasteiger partial charge in [0, 0.05) is 29.4 Å². The molecule has 3 aliphatic rings. The summed E-state index contributed by atoms with van der Waals surface area (Å²) in [6.45, 7) is 8.81.